The maximum atomic E-state index is 12.6. The molecule has 0 bridgehead atoms. The summed E-state index contributed by atoms with van der Waals surface area (Å²) >= 11 is 0. The van der Waals surface area contributed by atoms with Crippen LogP contribution < -0.4 is 22.1 Å². The molecule has 0 N–H and O–H groups in total. The Hall–Kier alpha value is -0.708. The van der Waals surface area contributed by atoms with E-state index in [4.69, 9.17) is 26.6 Å². The fourth-order valence-corrected chi connectivity index (χ4v) is 5.72. The van der Waals surface area contributed by atoms with Crippen molar-refractivity contribution in [1.82, 2.24) is 14.1 Å². The molecule has 0 aliphatic heterocycles. The van der Waals surface area contributed by atoms with Gasteiger partial charge in [0.15, 0.2) is 0 Å². The van der Waals surface area contributed by atoms with E-state index < -0.39 is 34.7 Å². The molecule has 0 aliphatic carbocycles. The number of nitrogens with zero attached hydrogens (tertiary/aromatic N) is 3. The summed E-state index contributed by atoms with van der Waals surface area (Å²) in [6, 6.07) is 0.302. The van der Waals surface area contributed by atoms with Crippen LogP contribution in [0.3, 0.4) is 0 Å². The monoisotopic (exact) mass is 608 g/mol. The summed E-state index contributed by atoms with van der Waals surface area (Å²) in [5.74, 6) is 0. The van der Waals surface area contributed by atoms with Crippen molar-refractivity contribution < 1.29 is 47.6 Å². The van der Waals surface area contributed by atoms with Crippen molar-refractivity contribution in [3.05, 3.63) is 31.5 Å². The smallest absolute Gasteiger partial charge is 0.377 e. The van der Waals surface area contributed by atoms with Gasteiger partial charge in [-0.2, -0.15) is 0 Å². The summed E-state index contributed by atoms with van der Waals surface area (Å²) in [4.78, 5) is 40.1. The molecule has 0 aromatic carbocycles. The van der Waals surface area contributed by atoms with Crippen LogP contribution in [0.15, 0.2) is 14.4 Å². The number of hydrogen-bond acceptors (Lipinski definition) is 9. The largest absolute Gasteiger partial charge is 0.500 e. The second kappa shape index (κ2) is 12.1. The molecule has 162 valence electrons. The van der Waals surface area contributed by atoms with Crippen molar-refractivity contribution in [2.24, 2.45) is 0 Å². The molecule has 1 aromatic heterocycles. The summed E-state index contributed by atoms with van der Waals surface area (Å²) < 4.78 is 33.3. The van der Waals surface area contributed by atoms with E-state index in [2.05, 4.69) is 4.98 Å². The first-order chi connectivity index (χ1) is 12.8. The van der Waals surface area contributed by atoms with Crippen LogP contribution in [0.25, 0.3) is 0 Å². The van der Waals surface area contributed by atoms with Gasteiger partial charge >= 0.3 is 17.6 Å². The molecule has 0 atom stereocenters. The first-order valence-corrected chi connectivity index (χ1v) is 11.8. The Balaban J connectivity index is 0.00000729. The van der Waals surface area contributed by atoms with Gasteiger partial charge in [-0.3, -0.25) is 19.4 Å². The van der Waals surface area contributed by atoms with Crippen molar-refractivity contribution in [1.29, 1.82) is 0 Å². The molecule has 12 nitrogen and oxygen atoms in total. The SMILES string of the molecule is CO[Si](CCn1c(=O)[n-]c(=O)n(CC[Si](OC)(OC)OC)c1=O)(OC)OC.[W]. The van der Waals surface area contributed by atoms with E-state index in [1.807, 2.05) is 0 Å². The average Bonchev–Trinajstić information content (AvgIpc) is 2.68. The molecule has 0 unspecified atom stereocenters. The molecule has 0 amide bonds. The van der Waals surface area contributed by atoms with Crippen LogP contribution in [0.4, 0.5) is 0 Å². The van der Waals surface area contributed by atoms with Crippen LogP contribution in [0.5, 0.6) is 0 Å². The van der Waals surface area contributed by atoms with Gasteiger partial charge in [0.05, 0.1) is 0 Å². The summed E-state index contributed by atoms with van der Waals surface area (Å²) in [7, 11) is 2.50. The first-order valence-electron chi connectivity index (χ1n) is 7.97. The zero-order valence-corrected chi connectivity index (χ0v) is 21.7. The Morgan fingerprint density at radius 2 is 0.964 bits per heavy atom. The molecule has 1 heterocycles. The molecule has 15 heteroatoms. The Bertz CT molecular complexity index is 698. The van der Waals surface area contributed by atoms with Gasteiger partial charge in [-0.25, -0.2) is 0 Å². The summed E-state index contributed by atoms with van der Waals surface area (Å²) in [6.07, 6.45) is 0. The number of rotatable bonds is 12. The van der Waals surface area contributed by atoms with E-state index in [1.54, 1.807) is 0 Å². The third kappa shape index (κ3) is 6.14. The van der Waals surface area contributed by atoms with Crippen molar-refractivity contribution in [2.45, 2.75) is 25.2 Å². The van der Waals surface area contributed by atoms with Crippen molar-refractivity contribution in [3.8, 4) is 0 Å². The van der Waals surface area contributed by atoms with E-state index >= 15 is 0 Å². The van der Waals surface area contributed by atoms with E-state index in [9.17, 15) is 14.4 Å². The molecule has 0 saturated carbocycles. The van der Waals surface area contributed by atoms with Crippen molar-refractivity contribution >= 4 is 17.6 Å². The van der Waals surface area contributed by atoms with E-state index in [-0.39, 0.29) is 46.2 Å². The molecule has 0 spiro atoms. The summed E-state index contributed by atoms with van der Waals surface area (Å²) in [5.41, 5.74) is -2.68. The third-order valence-electron chi connectivity index (χ3n) is 4.26. The van der Waals surface area contributed by atoms with Gasteiger partial charge in [0.25, 0.3) is 0 Å². The van der Waals surface area contributed by atoms with Crippen LogP contribution in [0.2, 0.25) is 12.1 Å². The van der Waals surface area contributed by atoms with Crippen LogP contribution in [0.1, 0.15) is 0 Å². The molecule has 1 rings (SSSR count). The first kappa shape index (κ1) is 27.3. The second-order valence-electron chi connectivity index (χ2n) is 5.35. The predicted molar refractivity (Wildman–Crippen MR) is 97.7 cm³/mol. The second-order valence-corrected chi connectivity index (χ2v) is 11.5. The van der Waals surface area contributed by atoms with Gasteiger partial charge in [-0.05, 0) is 13.1 Å². The molecule has 0 fully saturated rings. The van der Waals surface area contributed by atoms with E-state index in [0.717, 1.165) is 9.13 Å². The molecule has 0 radical (unpaired) electrons. The molecule has 1 aromatic rings. The average molecular weight is 608 g/mol. The van der Waals surface area contributed by atoms with Gasteiger partial charge < -0.3 is 35.7 Å². The quantitative estimate of drug-likeness (QED) is 0.248. The van der Waals surface area contributed by atoms with Crippen LogP contribution in [-0.4, -0.2) is 69.4 Å². The fraction of sp³-hybridized carbons (Fsp3) is 0.769. The van der Waals surface area contributed by atoms with Crippen molar-refractivity contribution in [3.63, 3.8) is 0 Å². The Morgan fingerprint density at radius 1 is 0.679 bits per heavy atom. The number of aromatic nitrogens is 3. The van der Waals surface area contributed by atoms with Crippen molar-refractivity contribution in [2.75, 3.05) is 42.7 Å². The minimum atomic E-state index is -3.01. The van der Waals surface area contributed by atoms with Crippen LogP contribution in [-0.2, 0) is 60.7 Å². The van der Waals surface area contributed by atoms with E-state index in [0.29, 0.717) is 0 Å². The third-order valence-corrected chi connectivity index (χ3v) is 9.67. The van der Waals surface area contributed by atoms with Gasteiger partial charge in [-0.15, -0.1) is 0 Å². The molecular weight excluding hydrogens is 582 g/mol. The molecule has 0 aliphatic rings. The van der Waals surface area contributed by atoms with Gasteiger partial charge in [0, 0.05) is 75.8 Å². The number of hydrogen-bond donors (Lipinski definition) is 0. The Morgan fingerprint density at radius 3 is 1.21 bits per heavy atom. The fourth-order valence-electron chi connectivity index (χ4n) is 2.50. The standard InChI is InChI=1S/C13H27N3O9Si2.W/c1-20-26(21-2,22-3)9-7-15-11(17)14-12(18)16(13(15)19)8-10-27(23-4,24-5)25-6;/h7-10H2,1-6H3,(H,14,17,18);/p-1. The minimum absolute atomic E-state index is 0. The zero-order chi connectivity index (χ0) is 20.7. The van der Waals surface area contributed by atoms with Gasteiger partial charge in [-0.1, -0.05) is 0 Å². The van der Waals surface area contributed by atoms with Crippen LogP contribution >= 0.6 is 0 Å². The topological polar surface area (TPSA) is 131 Å². The maximum absolute atomic E-state index is 12.6. The summed E-state index contributed by atoms with van der Waals surface area (Å²) in [5, 5.41) is 0. The normalized spacial score (nSPS) is 12.1. The zero-order valence-electron chi connectivity index (χ0n) is 16.8. The molecule has 0 saturated heterocycles. The van der Waals surface area contributed by atoms with Crippen LogP contribution in [0, 0.1) is 0 Å². The Kier molecular flexibility index (Phi) is 11.8. The molecule has 28 heavy (non-hydrogen) atoms. The van der Waals surface area contributed by atoms with Gasteiger partial charge in [0.2, 0.25) is 17.1 Å². The summed E-state index contributed by atoms with van der Waals surface area (Å²) in [6.45, 7) is -0.151. The van der Waals surface area contributed by atoms with Gasteiger partial charge in [0.1, 0.15) is 0 Å². The molecular formula is C13H26N3O9Si2W-. The maximum Gasteiger partial charge on any atom is 0.500 e. The predicted octanol–water partition coefficient (Wildman–Crippen LogP) is -1.92. The van der Waals surface area contributed by atoms with E-state index in [1.165, 1.54) is 42.7 Å². The minimum Gasteiger partial charge on any atom is -0.377 e. The Labute approximate surface area is 178 Å².